The maximum Gasteiger partial charge on any atom is 0.339 e. The van der Waals surface area contributed by atoms with Crippen molar-refractivity contribution >= 4 is 28.7 Å². The van der Waals surface area contributed by atoms with Gasteiger partial charge in [0, 0.05) is 11.4 Å². The van der Waals surface area contributed by atoms with Crippen LogP contribution >= 0.6 is 0 Å². The van der Waals surface area contributed by atoms with Crippen LogP contribution in [0.15, 0.2) is 36.4 Å². The highest BCUT2D eigenvalue weighted by Crippen LogP contribution is 2.28. The molecule has 0 radical (unpaired) electrons. The fourth-order valence-corrected chi connectivity index (χ4v) is 3.29. The Labute approximate surface area is 157 Å². The number of methoxy groups -OCH3 is 1. The van der Waals surface area contributed by atoms with Gasteiger partial charge >= 0.3 is 12.0 Å². The number of benzene rings is 2. The van der Waals surface area contributed by atoms with Gasteiger partial charge in [0.1, 0.15) is 5.75 Å². The van der Waals surface area contributed by atoms with E-state index in [0.717, 1.165) is 31.1 Å². The number of esters is 1. The van der Waals surface area contributed by atoms with E-state index in [1.807, 2.05) is 12.1 Å². The fraction of sp³-hybridized carbons (Fsp3) is 0.350. The first-order chi connectivity index (χ1) is 13.1. The van der Waals surface area contributed by atoms with Crippen LogP contribution in [-0.2, 0) is 9.53 Å². The Morgan fingerprint density at radius 3 is 2.44 bits per heavy atom. The first-order valence-electron chi connectivity index (χ1n) is 8.91. The second kappa shape index (κ2) is 8.53. The van der Waals surface area contributed by atoms with Gasteiger partial charge in [-0.25, -0.2) is 9.59 Å². The number of carbonyl (C=O) groups is 3. The molecule has 3 rings (SSSR count). The number of hydrogen-bond acceptors (Lipinski definition) is 5. The molecule has 7 nitrogen and oxygen atoms in total. The Morgan fingerprint density at radius 1 is 1.04 bits per heavy atom. The van der Waals surface area contributed by atoms with Gasteiger partial charge in [0.15, 0.2) is 6.61 Å². The monoisotopic (exact) mass is 370 g/mol. The summed E-state index contributed by atoms with van der Waals surface area (Å²) in [5, 5.41) is 6.36. The molecule has 27 heavy (non-hydrogen) atoms. The second-order valence-electron chi connectivity index (χ2n) is 6.44. The summed E-state index contributed by atoms with van der Waals surface area (Å²) in [6.45, 7) is -0.530. The van der Waals surface area contributed by atoms with Gasteiger partial charge in [0.25, 0.3) is 5.91 Å². The Balaban J connectivity index is 1.58. The zero-order valence-corrected chi connectivity index (χ0v) is 15.1. The minimum Gasteiger partial charge on any atom is -0.496 e. The van der Waals surface area contributed by atoms with Crippen molar-refractivity contribution in [3.8, 4) is 5.75 Å². The minimum atomic E-state index is -0.670. The molecule has 1 saturated carbocycles. The van der Waals surface area contributed by atoms with Crippen LogP contribution in [0, 0.1) is 0 Å². The molecule has 2 aromatic carbocycles. The molecular weight excluding hydrogens is 348 g/mol. The fourth-order valence-electron chi connectivity index (χ4n) is 3.29. The summed E-state index contributed by atoms with van der Waals surface area (Å²) < 4.78 is 10.4. The van der Waals surface area contributed by atoms with Gasteiger partial charge in [-0.15, -0.1) is 0 Å². The van der Waals surface area contributed by atoms with Crippen molar-refractivity contribution in [3.63, 3.8) is 0 Å². The number of hydrogen-bond donors (Lipinski definition) is 2. The summed E-state index contributed by atoms with van der Waals surface area (Å²) in [7, 11) is 1.56. The van der Waals surface area contributed by atoms with Crippen LogP contribution in [-0.4, -0.2) is 37.7 Å². The van der Waals surface area contributed by atoms with Crippen molar-refractivity contribution in [1.82, 2.24) is 10.6 Å². The van der Waals surface area contributed by atoms with Gasteiger partial charge in [-0.1, -0.05) is 37.1 Å². The zero-order valence-electron chi connectivity index (χ0n) is 15.1. The minimum absolute atomic E-state index is 0.103. The van der Waals surface area contributed by atoms with E-state index in [1.165, 1.54) is 0 Å². The summed E-state index contributed by atoms with van der Waals surface area (Å²) in [6.07, 6.45) is 3.99. The Morgan fingerprint density at radius 2 is 1.74 bits per heavy atom. The number of imide groups is 1. The Hall–Kier alpha value is -3.09. The number of nitrogens with one attached hydrogen (secondary N) is 2. The van der Waals surface area contributed by atoms with Crippen molar-refractivity contribution in [3.05, 3.63) is 42.0 Å². The van der Waals surface area contributed by atoms with Gasteiger partial charge in [-0.3, -0.25) is 10.1 Å². The standard InChI is InChI=1S/C20H22N2O5/c1-26-17-11-10-16(14-8-4-5-9-15(14)17)19(24)27-12-18(23)22-20(25)21-13-6-2-3-7-13/h4-5,8-11,13H,2-3,6-7,12H2,1H3,(H2,21,22,23,25). The van der Waals surface area contributed by atoms with Gasteiger partial charge in [-0.05, 0) is 30.4 Å². The molecule has 2 aromatic rings. The molecule has 2 N–H and O–H groups in total. The van der Waals surface area contributed by atoms with E-state index in [0.29, 0.717) is 16.7 Å². The van der Waals surface area contributed by atoms with Crippen molar-refractivity contribution in [2.45, 2.75) is 31.7 Å². The predicted molar refractivity (Wildman–Crippen MR) is 99.7 cm³/mol. The number of ether oxygens (including phenoxy) is 2. The lowest BCUT2D eigenvalue weighted by Crippen LogP contribution is -2.45. The van der Waals surface area contributed by atoms with Crippen molar-refractivity contribution in [2.24, 2.45) is 0 Å². The number of rotatable bonds is 5. The SMILES string of the molecule is COc1ccc(C(=O)OCC(=O)NC(=O)NC2CCCC2)c2ccccc12. The maximum atomic E-state index is 12.4. The Bertz CT molecular complexity index is 859. The topological polar surface area (TPSA) is 93.7 Å². The number of amides is 3. The molecule has 1 fully saturated rings. The van der Waals surface area contributed by atoms with E-state index in [1.54, 1.807) is 31.4 Å². The predicted octanol–water partition coefficient (Wildman–Crippen LogP) is 2.77. The summed E-state index contributed by atoms with van der Waals surface area (Å²) in [5.41, 5.74) is 0.328. The highest BCUT2D eigenvalue weighted by atomic mass is 16.5. The van der Waals surface area contributed by atoms with Crippen molar-refractivity contribution in [1.29, 1.82) is 0 Å². The largest absolute Gasteiger partial charge is 0.496 e. The molecule has 0 bridgehead atoms. The number of carbonyl (C=O) groups excluding carboxylic acids is 3. The Kier molecular flexibility index (Phi) is 5.90. The molecule has 3 amide bonds. The highest BCUT2D eigenvalue weighted by molar-refractivity contribution is 6.07. The van der Waals surface area contributed by atoms with Crippen LogP contribution in [0.2, 0.25) is 0 Å². The van der Waals surface area contributed by atoms with E-state index in [-0.39, 0.29) is 6.04 Å². The number of fused-ring (bicyclic) bond motifs is 1. The lowest BCUT2D eigenvalue weighted by atomic mass is 10.0. The van der Waals surface area contributed by atoms with Crippen LogP contribution in [0.25, 0.3) is 10.8 Å². The van der Waals surface area contributed by atoms with Gasteiger partial charge in [0.05, 0.1) is 12.7 Å². The van der Waals surface area contributed by atoms with Gasteiger partial charge < -0.3 is 14.8 Å². The summed E-state index contributed by atoms with van der Waals surface area (Å²) >= 11 is 0. The molecule has 0 spiro atoms. The third kappa shape index (κ3) is 4.55. The van der Waals surface area contributed by atoms with Crippen LogP contribution < -0.4 is 15.4 Å². The number of urea groups is 1. The molecule has 1 aliphatic carbocycles. The summed E-state index contributed by atoms with van der Waals surface area (Å²) in [5.74, 6) is -0.666. The molecule has 0 unspecified atom stereocenters. The van der Waals surface area contributed by atoms with Crippen molar-refractivity contribution < 1.29 is 23.9 Å². The van der Waals surface area contributed by atoms with Gasteiger partial charge in [-0.2, -0.15) is 0 Å². The van der Waals surface area contributed by atoms with E-state index in [9.17, 15) is 14.4 Å². The lowest BCUT2D eigenvalue weighted by molar-refractivity contribution is -0.123. The van der Waals surface area contributed by atoms with E-state index >= 15 is 0 Å². The van der Waals surface area contributed by atoms with E-state index in [2.05, 4.69) is 10.6 Å². The van der Waals surface area contributed by atoms with Crippen LogP contribution in [0.3, 0.4) is 0 Å². The smallest absolute Gasteiger partial charge is 0.339 e. The van der Waals surface area contributed by atoms with E-state index in [4.69, 9.17) is 9.47 Å². The average Bonchev–Trinajstić information content (AvgIpc) is 3.18. The third-order valence-electron chi connectivity index (χ3n) is 4.60. The molecule has 7 heteroatoms. The first kappa shape index (κ1) is 18.7. The molecule has 0 aromatic heterocycles. The van der Waals surface area contributed by atoms with Crippen molar-refractivity contribution in [2.75, 3.05) is 13.7 Å². The van der Waals surface area contributed by atoms with Crippen LogP contribution in [0.1, 0.15) is 36.0 Å². The van der Waals surface area contributed by atoms with Crippen LogP contribution in [0.4, 0.5) is 4.79 Å². The first-order valence-corrected chi connectivity index (χ1v) is 8.91. The average molecular weight is 370 g/mol. The second-order valence-corrected chi connectivity index (χ2v) is 6.44. The third-order valence-corrected chi connectivity index (χ3v) is 4.60. The zero-order chi connectivity index (χ0) is 19.2. The molecular formula is C20H22N2O5. The highest BCUT2D eigenvalue weighted by Gasteiger charge is 2.19. The molecule has 0 atom stereocenters. The molecule has 0 heterocycles. The summed E-state index contributed by atoms with van der Waals surface area (Å²) in [4.78, 5) is 36.0. The molecule has 0 aliphatic heterocycles. The molecule has 142 valence electrons. The molecule has 1 aliphatic rings. The maximum absolute atomic E-state index is 12.4. The molecule has 0 saturated heterocycles. The lowest BCUT2D eigenvalue weighted by Gasteiger charge is -2.13. The quantitative estimate of drug-likeness (QED) is 0.790. The normalized spacial score (nSPS) is 14.0. The van der Waals surface area contributed by atoms with Gasteiger partial charge in [0.2, 0.25) is 0 Å². The summed E-state index contributed by atoms with van der Waals surface area (Å²) in [6, 6.07) is 10.1. The van der Waals surface area contributed by atoms with Crippen LogP contribution in [0.5, 0.6) is 5.75 Å². The van der Waals surface area contributed by atoms with E-state index < -0.39 is 24.5 Å².